The lowest BCUT2D eigenvalue weighted by atomic mass is 9.93. The van der Waals surface area contributed by atoms with E-state index >= 15 is 0 Å². The van der Waals surface area contributed by atoms with Crippen LogP contribution in [0.5, 0.6) is 0 Å². The maximum atomic E-state index is 2.73. The number of hydrogen-bond donors (Lipinski definition) is 0. The summed E-state index contributed by atoms with van der Waals surface area (Å²) in [6.45, 7) is 17.6. The molecule has 2 heterocycles. The normalized spacial score (nSPS) is 28.0. The number of nitrogens with zero attached hydrogens (tertiary/aromatic N) is 3. The van der Waals surface area contributed by atoms with Gasteiger partial charge in [0, 0.05) is 58.4 Å². The van der Waals surface area contributed by atoms with Crippen molar-refractivity contribution in [2.75, 3.05) is 52.4 Å². The minimum atomic E-state index is 0.722. The first-order valence-electron chi connectivity index (χ1n) is 9.29. The van der Waals surface area contributed by atoms with Crippen LogP contribution in [0.3, 0.4) is 0 Å². The van der Waals surface area contributed by atoms with Gasteiger partial charge >= 0.3 is 0 Å². The molecule has 0 atom stereocenters. The van der Waals surface area contributed by atoms with Gasteiger partial charge < -0.3 is 9.80 Å². The first-order chi connectivity index (χ1) is 10.1. The zero-order valence-corrected chi connectivity index (χ0v) is 14.5. The lowest BCUT2D eigenvalue weighted by Gasteiger charge is -2.45. The van der Waals surface area contributed by atoms with Crippen LogP contribution < -0.4 is 0 Å². The highest BCUT2D eigenvalue weighted by Crippen LogP contribution is 2.50. The Bertz CT molecular complexity index is 323. The summed E-state index contributed by atoms with van der Waals surface area (Å²) in [7, 11) is 0. The minimum absolute atomic E-state index is 0.722. The Morgan fingerprint density at radius 2 is 1.67 bits per heavy atom. The van der Waals surface area contributed by atoms with Gasteiger partial charge in [-0.15, -0.1) is 0 Å². The Hall–Kier alpha value is -0.120. The molecule has 2 aliphatic heterocycles. The third kappa shape index (κ3) is 4.00. The van der Waals surface area contributed by atoms with Crippen molar-refractivity contribution in [2.45, 2.75) is 52.5 Å². The number of likely N-dealkylation sites (tertiary alicyclic amines) is 1. The Morgan fingerprint density at radius 3 is 2.19 bits per heavy atom. The Labute approximate surface area is 131 Å². The monoisotopic (exact) mass is 293 g/mol. The summed E-state index contributed by atoms with van der Waals surface area (Å²) in [6, 6.07) is 0.722. The van der Waals surface area contributed by atoms with E-state index in [2.05, 4.69) is 35.5 Å². The summed E-state index contributed by atoms with van der Waals surface area (Å²) in [5, 5.41) is 0. The smallest absolute Gasteiger partial charge is 0.0113 e. The largest absolute Gasteiger partial charge is 0.302 e. The maximum absolute atomic E-state index is 2.73. The second-order valence-electron chi connectivity index (χ2n) is 8.24. The fourth-order valence-corrected chi connectivity index (χ4v) is 4.42. The second-order valence-corrected chi connectivity index (χ2v) is 8.24. The molecule has 122 valence electrons. The lowest BCUT2D eigenvalue weighted by molar-refractivity contribution is 0.0291. The average molecular weight is 293 g/mol. The fraction of sp³-hybridized carbons (Fsp3) is 1.00. The first-order valence-corrected chi connectivity index (χ1v) is 9.29. The van der Waals surface area contributed by atoms with Crippen molar-refractivity contribution in [1.29, 1.82) is 0 Å². The van der Waals surface area contributed by atoms with E-state index in [4.69, 9.17) is 0 Å². The minimum Gasteiger partial charge on any atom is -0.302 e. The topological polar surface area (TPSA) is 9.72 Å². The van der Waals surface area contributed by atoms with Crippen LogP contribution in [0.2, 0.25) is 0 Å². The second kappa shape index (κ2) is 6.55. The molecule has 0 unspecified atom stereocenters. The van der Waals surface area contributed by atoms with Gasteiger partial charge in [0.15, 0.2) is 0 Å². The molecule has 0 bridgehead atoms. The van der Waals surface area contributed by atoms with Crippen LogP contribution in [0.15, 0.2) is 0 Å². The highest BCUT2D eigenvalue weighted by molar-refractivity contribution is 4.97. The molecule has 3 nitrogen and oxygen atoms in total. The van der Waals surface area contributed by atoms with Crippen LogP contribution in [0, 0.1) is 11.3 Å². The Morgan fingerprint density at radius 1 is 1.00 bits per heavy atom. The van der Waals surface area contributed by atoms with Gasteiger partial charge in [0.2, 0.25) is 0 Å². The van der Waals surface area contributed by atoms with Gasteiger partial charge in [-0.2, -0.15) is 0 Å². The molecule has 0 aromatic heterocycles. The maximum Gasteiger partial charge on any atom is 0.0113 e. The van der Waals surface area contributed by atoms with Crippen LogP contribution in [0.1, 0.15) is 46.5 Å². The third-order valence-corrected chi connectivity index (χ3v) is 5.98. The van der Waals surface area contributed by atoms with E-state index in [-0.39, 0.29) is 0 Å². The van der Waals surface area contributed by atoms with Crippen LogP contribution in [0.4, 0.5) is 0 Å². The highest BCUT2D eigenvalue weighted by Gasteiger charge is 2.44. The summed E-state index contributed by atoms with van der Waals surface area (Å²) in [5.74, 6) is 0.952. The average Bonchev–Trinajstić information content (AvgIpc) is 3.17. The van der Waals surface area contributed by atoms with E-state index in [0.717, 1.165) is 17.4 Å². The summed E-state index contributed by atoms with van der Waals surface area (Å²) in [5.41, 5.74) is 0.753. The van der Waals surface area contributed by atoms with Gasteiger partial charge in [0.25, 0.3) is 0 Å². The number of rotatable bonds is 7. The van der Waals surface area contributed by atoms with Crippen molar-refractivity contribution in [3.05, 3.63) is 0 Å². The number of hydrogen-bond acceptors (Lipinski definition) is 3. The lowest BCUT2D eigenvalue weighted by Crippen LogP contribution is -2.56. The molecule has 0 spiro atoms. The van der Waals surface area contributed by atoms with E-state index < -0.39 is 0 Å². The zero-order valence-electron chi connectivity index (χ0n) is 14.5. The van der Waals surface area contributed by atoms with Crippen molar-refractivity contribution >= 4 is 0 Å². The Kier molecular flexibility index (Phi) is 4.92. The first kappa shape index (κ1) is 15.8. The molecule has 3 fully saturated rings. The molecule has 0 aromatic rings. The van der Waals surface area contributed by atoms with Crippen LogP contribution in [-0.2, 0) is 0 Å². The molecular weight excluding hydrogens is 258 g/mol. The van der Waals surface area contributed by atoms with Gasteiger partial charge in [-0.3, -0.25) is 4.90 Å². The van der Waals surface area contributed by atoms with Gasteiger partial charge in [0.05, 0.1) is 0 Å². The van der Waals surface area contributed by atoms with Crippen LogP contribution >= 0.6 is 0 Å². The molecule has 3 rings (SSSR count). The van der Waals surface area contributed by atoms with Crippen molar-refractivity contribution < 1.29 is 0 Å². The zero-order chi connectivity index (χ0) is 14.9. The van der Waals surface area contributed by atoms with Gasteiger partial charge in [-0.25, -0.2) is 0 Å². The predicted octanol–water partition coefficient (Wildman–Crippen LogP) is 2.52. The van der Waals surface area contributed by atoms with Gasteiger partial charge in [-0.05, 0) is 44.4 Å². The molecule has 0 aromatic carbocycles. The van der Waals surface area contributed by atoms with Crippen molar-refractivity contribution in [1.82, 2.24) is 14.7 Å². The summed E-state index contributed by atoms with van der Waals surface area (Å²) >= 11 is 0. The standard InChI is InChI=1S/C18H35N3/c1-4-5-18(6-7-18)15-20-13-17(14-20)12-19-8-10-21(11-9-19)16(2)3/h16-17H,4-15H2,1-3H3. The number of piperazine rings is 1. The van der Waals surface area contributed by atoms with Gasteiger partial charge in [-0.1, -0.05) is 13.3 Å². The third-order valence-electron chi connectivity index (χ3n) is 5.98. The van der Waals surface area contributed by atoms with E-state index in [1.54, 1.807) is 0 Å². The molecule has 0 radical (unpaired) electrons. The molecule has 0 amide bonds. The molecule has 3 aliphatic rings. The fourth-order valence-electron chi connectivity index (χ4n) is 4.42. The summed E-state index contributed by atoms with van der Waals surface area (Å²) < 4.78 is 0. The van der Waals surface area contributed by atoms with Crippen LogP contribution in [-0.4, -0.2) is 73.1 Å². The summed E-state index contributed by atoms with van der Waals surface area (Å²) in [4.78, 5) is 8.06. The molecule has 0 N–H and O–H groups in total. The highest BCUT2D eigenvalue weighted by atomic mass is 15.3. The SMILES string of the molecule is CCCC1(CN2CC(CN3CCN(C(C)C)CC3)C2)CC1. The van der Waals surface area contributed by atoms with Crippen molar-refractivity contribution in [2.24, 2.45) is 11.3 Å². The molecule has 21 heavy (non-hydrogen) atoms. The molecular formula is C18H35N3. The van der Waals surface area contributed by atoms with E-state index in [0.29, 0.717) is 0 Å². The van der Waals surface area contributed by atoms with Crippen molar-refractivity contribution in [3.8, 4) is 0 Å². The quantitative estimate of drug-likeness (QED) is 0.714. The van der Waals surface area contributed by atoms with Crippen LogP contribution in [0.25, 0.3) is 0 Å². The van der Waals surface area contributed by atoms with E-state index in [1.807, 2.05) is 0 Å². The predicted molar refractivity (Wildman–Crippen MR) is 89.7 cm³/mol. The van der Waals surface area contributed by atoms with Gasteiger partial charge in [0.1, 0.15) is 0 Å². The molecule has 3 heteroatoms. The van der Waals surface area contributed by atoms with E-state index in [9.17, 15) is 0 Å². The molecule has 1 saturated carbocycles. The summed E-state index contributed by atoms with van der Waals surface area (Å²) in [6.07, 6.45) is 5.83. The van der Waals surface area contributed by atoms with E-state index in [1.165, 1.54) is 78.0 Å². The molecule has 1 aliphatic carbocycles. The molecule has 2 saturated heterocycles. The van der Waals surface area contributed by atoms with Crippen molar-refractivity contribution in [3.63, 3.8) is 0 Å². The Balaban J connectivity index is 1.31.